The minimum absolute atomic E-state index is 0.118. The standard InChI is InChI=1S/C15H12F4N2O2/c1-23-13-8-10(16)4-7-12(13)21-14(22)20-11-5-2-9(3-6-11)15(17,18)19/h2-8H,1H3,(H2,20,21,22). The van der Waals surface area contributed by atoms with Gasteiger partial charge in [0.05, 0.1) is 18.4 Å². The van der Waals surface area contributed by atoms with Crippen LogP contribution in [0, 0.1) is 5.82 Å². The molecule has 0 bridgehead atoms. The maximum absolute atomic E-state index is 13.1. The van der Waals surface area contributed by atoms with E-state index in [9.17, 15) is 22.4 Å². The first-order chi connectivity index (χ1) is 10.8. The van der Waals surface area contributed by atoms with Gasteiger partial charge in [-0.3, -0.25) is 0 Å². The lowest BCUT2D eigenvalue weighted by Gasteiger charge is -2.12. The second-order valence-electron chi connectivity index (χ2n) is 4.50. The molecule has 2 aromatic carbocycles. The Hall–Kier alpha value is -2.77. The number of hydrogen-bond acceptors (Lipinski definition) is 2. The Morgan fingerprint density at radius 3 is 2.26 bits per heavy atom. The zero-order chi connectivity index (χ0) is 17.0. The smallest absolute Gasteiger partial charge is 0.416 e. The van der Waals surface area contributed by atoms with E-state index in [4.69, 9.17) is 4.74 Å². The lowest BCUT2D eigenvalue weighted by molar-refractivity contribution is -0.137. The lowest BCUT2D eigenvalue weighted by Crippen LogP contribution is -2.20. The van der Waals surface area contributed by atoms with Crippen LogP contribution < -0.4 is 15.4 Å². The first-order valence-electron chi connectivity index (χ1n) is 6.38. The third-order valence-electron chi connectivity index (χ3n) is 2.88. The van der Waals surface area contributed by atoms with E-state index in [-0.39, 0.29) is 17.1 Å². The first-order valence-corrected chi connectivity index (χ1v) is 6.38. The van der Waals surface area contributed by atoms with Gasteiger partial charge < -0.3 is 15.4 Å². The van der Waals surface area contributed by atoms with Crippen LogP contribution in [0.2, 0.25) is 0 Å². The molecule has 8 heteroatoms. The molecule has 0 heterocycles. The zero-order valence-corrected chi connectivity index (χ0v) is 11.9. The first kappa shape index (κ1) is 16.6. The van der Waals surface area contributed by atoms with Gasteiger partial charge in [-0.1, -0.05) is 0 Å². The van der Waals surface area contributed by atoms with Crippen LogP contribution in [0.4, 0.5) is 33.7 Å². The van der Waals surface area contributed by atoms with Gasteiger partial charge in [0, 0.05) is 11.8 Å². The topological polar surface area (TPSA) is 50.4 Å². The Morgan fingerprint density at radius 1 is 1.04 bits per heavy atom. The zero-order valence-electron chi connectivity index (χ0n) is 11.9. The summed E-state index contributed by atoms with van der Waals surface area (Å²) in [6.07, 6.45) is -4.44. The summed E-state index contributed by atoms with van der Waals surface area (Å²) in [6.45, 7) is 0. The summed E-state index contributed by atoms with van der Waals surface area (Å²) in [7, 11) is 1.31. The maximum atomic E-state index is 13.1. The van der Waals surface area contributed by atoms with Crippen LogP contribution in [0.5, 0.6) is 5.75 Å². The molecule has 0 aliphatic carbocycles. The molecular weight excluding hydrogens is 316 g/mol. The van der Waals surface area contributed by atoms with E-state index in [2.05, 4.69) is 10.6 Å². The quantitative estimate of drug-likeness (QED) is 0.815. The molecule has 23 heavy (non-hydrogen) atoms. The number of alkyl halides is 3. The minimum Gasteiger partial charge on any atom is -0.494 e. The fraction of sp³-hybridized carbons (Fsp3) is 0.133. The van der Waals surface area contributed by atoms with Gasteiger partial charge in [-0.15, -0.1) is 0 Å². The molecule has 4 nitrogen and oxygen atoms in total. The number of urea groups is 1. The fourth-order valence-corrected chi connectivity index (χ4v) is 1.80. The van der Waals surface area contributed by atoms with Crippen molar-refractivity contribution in [1.82, 2.24) is 0 Å². The second-order valence-corrected chi connectivity index (χ2v) is 4.50. The van der Waals surface area contributed by atoms with E-state index in [1.165, 1.54) is 13.2 Å². The Balaban J connectivity index is 2.05. The molecule has 122 valence electrons. The van der Waals surface area contributed by atoms with Gasteiger partial charge in [0.25, 0.3) is 0 Å². The summed E-state index contributed by atoms with van der Waals surface area (Å²) in [5, 5.41) is 4.79. The van der Waals surface area contributed by atoms with Crippen LogP contribution in [0.3, 0.4) is 0 Å². The van der Waals surface area contributed by atoms with Crippen molar-refractivity contribution in [3.05, 3.63) is 53.8 Å². The molecule has 0 aromatic heterocycles. The number of carbonyl (C=O) groups is 1. The van der Waals surface area contributed by atoms with E-state index in [1.54, 1.807) is 0 Å². The van der Waals surface area contributed by atoms with Crippen LogP contribution in [0.1, 0.15) is 5.56 Å². The van der Waals surface area contributed by atoms with Gasteiger partial charge in [0.15, 0.2) is 0 Å². The molecule has 0 aliphatic rings. The number of halogens is 4. The van der Waals surface area contributed by atoms with E-state index in [0.717, 1.165) is 36.4 Å². The van der Waals surface area contributed by atoms with Crippen molar-refractivity contribution >= 4 is 17.4 Å². The Bertz CT molecular complexity index is 700. The van der Waals surface area contributed by atoms with E-state index >= 15 is 0 Å². The highest BCUT2D eigenvalue weighted by Gasteiger charge is 2.29. The van der Waals surface area contributed by atoms with Crippen molar-refractivity contribution in [1.29, 1.82) is 0 Å². The van der Waals surface area contributed by atoms with Gasteiger partial charge in [-0.2, -0.15) is 13.2 Å². The van der Waals surface area contributed by atoms with Crippen molar-refractivity contribution in [3.63, 3.8) is 0 Å². The SMILES string of the molecule is COc1cc(F)ccc1NC(=O)Nc1ccc(C(F)(F)F)cc1. The number of amides is 2. The number of rotatable bonds is 3. The van der Waals surface area contributed by atoms with Crippen LogP contribution >= 0.6 is 0 Å². The molecule has 0 radical (unpaired) electrons. The summed E-state index contributed by atoms with van der Waals surface area (Å²) in [5.41, 5.74) is -0.418. The molecule has 0 saturated carbocycles. The number of methoxy groups -OCH3 is 1. The Kier molecular flexibility index (Phi) is 4.73. The summed E-state index contributed by atoms with van der Waals surface area (Å²) in [6, 6.07) is 6.80. The van der Waals surface area contributed by atoms with Crippen molar-refractivity contribution in [2.45, 2.75) is 6.18 Å². The third kappa shape index (κ3) is 4.35. The average Bonchev–Trinajstić information content (AvgIpc) is 2.48. The highest BCUT2D eigenvalue weighted by Crippen LogP contribution is 2.30. The molecule has 0 atom stereocenters. The van der Waals surface area contributed by atoms with Crippen molar-refractivity contribution in [2.24, 2.45) is 0 Å². The number of ether oxygens (including phenoxy) is 1. The van der Waals surface area contributed by atoms with Gasteiger partial charge in [0.1, 0.15) is 11.6 Å². The van der Waals surface area contributed by atoms with Gasteiger partial charge in [0.2, 0.25) is 0 Å². The third-order valence-corrected chi connectivity index (χ3v) is 2.88. The van der Waals surface area contributed by atoms with Crippen molar-refractivity contribution in [3.8, 4) is 5.75 Å². The van der Waals surface area contributed by atoms with Gasteiger partial charge in [-0.25, -0.2) is 9.18 Å². The highest BCUT2D eigenvalue weighted by molar-refractivity contribution is 6.00. The van der Waals surface area contributed by atoms with Gasteiger partial charge in [-0.05, 0) is 36.4 Å². The predicted molar refractivity (Wildman–Crippen MR) is 77.0 cm³/mol. The summed E-state index contributed by atoms with van der Waals surface area (Å²) < 4.78 is 55.3. The number of nitrogens with one attached hydrogen (secondary N) is 2. The monoisotopic (exact) mass is 328 g/mol. The largest absolute Gasteiger partial charge is 0.494 e. The predicted octanol–water partition coefficient (Wildman–Crippen LogP) is 4.50. The summed E-state index contributed by atoms with van der Waals surface area (Å²) >= 11 is 0. The van der Waals surface area contributed by atoms with Gasteiger partial charge >= 0.3 is 12.2 Å². The Morgan fingerprint density at radius 2 is 1.70 bits per heavy atom. The molecule has 2 rings (SSSR count). The van der Waals surface area contributed by atoms with E-state index < -0.39 is 23.6 Å². The second kappa shape index (κ2) is 6.55. The number of benzene rings is 2. The Labute approximate surface area is 129 Å². The molecule has 0 saturated heterocycles. The number of hydrogen-bond donors (Lipinski definition) is 2. The lowest BCUT2D eigenvalue weighted by atomic mass is 10.2. The highest BCUT2D eigenvalue weighted by atomic mass is 19.4. The molecule has 0 aliphatic heterocycles. The van der Waals surface area contributed by atoms with Crippen LogP contribution in [0.25, 0.3) is 0 Å². The molecule has 0 unspecified atom stereocenters. The molecule has 2 N–H and O–H groups in total. The molecule has 0 fully saturated rings. The molecule has 2 amide bonds. The number of anilines is 2. The summed E-state index contributed by atoms with van der Waals surface area (Å²) in [4.78, 5) is 11.8. The molecular formula is C15H12F4N2O2. The molecule has 2 aromatic rings. The van der Waals surface area contributed by atoms with E-state index in [0.29, 0.717) is 0 Å². The normalized spacial score (nSPS) is 11.0. The number of carbonyl (C=O) groups excluding carboxylic acids is 1. The van der Waals surface area contributed by atoms with Crippen molar-refractivity contribution in [2.75, 3.05) is 17.7 Å². The molecule has 0 spiro atoms. The van der Waals surface area contributed by atoms with Crippen LogP contribution in [-0.2, 0) is 6.18 Å². The average molecular weight is 328 g/mol. The van der Waals surface area contributed by atoms with Crippen molar-refractivity contribution < 1.29 is 27.1 Å². The fourth-order valence-electron chi connectivity index (χ4n) is 1.80. The summed E-state index contributed by atoms with van der Waals surface area (Å²) in [5.74, 6) is -0.414. The minimum atomic E-state index is -4.44. The van der Waals surface area contributed by atoms with E-state index in [1.807, 2.05) is 0 Å². The van der Waals surface area contributed by atoms with Crippen LogP contribution in [-0.4, -0.2) is 13.1 Å². The maximum Gasteiger partial charge on any atom is 0.416 e. The van der Waals surface area contributed by atoms with Crippen LogP contribution in [0.15, 0.2) is 42.5 Å².